The maximum atomic E-state index is 3.72. The molecule has 2 nitrogen and oxygen atoms in total. The standard InChI is InChI=1S/C9H11N.C7H7N.C2H4/c1-2-8-10-9-6-4-3-5-7-9;1-8-7-5-3-2-4-6-7;1-2/h2-8,10H,1H3;2-6H,1H2;1-2H2/b8-2+;;. The molecule has 0 radical (unpaired) electrons. The second kappa shape index (κ2) is 12.8. The number of allylic oxidation sites excluding steroid dienone is 1. The molecule has 0 heterocycles. The van der Waals surface area contributed by atoms with Crippen LogP contribution in [0.2, 0.25) is 0 Å². The second-order valence-corrected chi connectivity index (χ2v) is 3.50. The van der Waals surface area contributed by atoms with Crippen LogP contribution in [-0.2, 0) is 0 Å². The number of rotatable bonds is 3. The summed E-state index contributed by atoms with van der Waals surface area (Å²) in [5.74, 6) is 0. The first-order valence-electron chi connectivity index (χ1n) is 6.31. The predicted molar refractivity (Wildman–Crippen MR) is 91.8 cm³/mol. The van der Waals surface area contributed by atoms with E-state index in [0.29, 0.717) is 0 Å². The Kier molecular flexibility index (Phi) is 11.2. The fourth-order valence-electron chi connectivity index (χ4n) is 1.25. The van der Waals surface area contributed by atoms with Gasteiger partial charge in [-0.25, -0.2) is 0 Å². The number of benzene rings is 2. The summed E-state index contributed by atoms with van der Waals surface area (Å²) in [6.07, 6.45) is 3.88. The van der Waals surface area contributed by atoms with Crippen LogP contribution in [0.4, 0.5) is 11.4 Å². The Balaban J connectivity index is 0.000000327. The Labute approximate surface area is 122 Å². The van der Waals surface area contributed by atoms with Gasteiger partial charge in [-0.3, -0.25) is 4.99 Å². The summed E-state index contributed by atoms with van der Waals surface area (Å²) in [5, 5.41) is 3.11. The molecule has 0 saturated carbocycles. The lowest BCUT2D eigenvalue weighted by atomic mass is 10.3. The van der Waals surface area contributed by atoms with Crippen LogP contribution >= 0.6 is 0 Å². The van der Waals surface area contributed by atoms with Gasteiger partial charge in [0.15, 0.2) is 0 Å². The molecular formula is C18H22N2. The number of anilines is 1. The molecule has 0 aliphatic carbocycles. The number of para-hydroxylation sites is 2. The molecule has 0 atom stereocenters. The van der Waals surface area contributed by atoms with Crippen molar-refractivity contribution in [2.24, 2.45) is 4.99 Å². The molecule has 2 aromatic rings. The van der Waals surface area contributed by atoms with Gasteiger partial charge in [0.1, 0.15) is 0 Å². The SMILES string of the molecule is C/C=C/Nc1ccccc1.C=C.C=Nc1ccccc1. The van der Waals surface area contributed by atoms with E-state index < -0.39 is 0 Å². The molecule has 0 saturated heterocycles. The monoisotopic (exact) mass is 266 g/mol. The van der Waals surface area contributed by atoms with Crippen molar-refractivity contribution in [3.05, 3.63) is 86.1 Å². The van der Waals surface area contributed by atoms with Gasteiger partial charge < -0.3 is 5.32 Å². The first kappa shape index (κ1) is 17.4. The molecule has 0 fully saturated rings. The van der Waals surface area contributed by atoms with Crippen LogP contribution in [0.25, 0.3) is 0 Å². The third-order valence-electron chi connectivity index (χ3n) is 2.13. The predicted octanol–water partition coefficient (Wildman–Crippen LogP) is 5.45. The lowest BCUT2D eigenvalue weighted by Gasteiger charge is -1.96. The molecule has 104 valence electrons. The summed E-state index contributed by atoms with van der Waals surface area (Å²) in [6.45, 7) is 11.4. The fourth-order valence-corrected chi connectivity index (χ4v) is 1.25. The summed E-state index contributed by atoms with van der Waals surface area (Å²) < 4.78 is 0. The van der Waals surface area contributed by atoms with E-state index in [1.54, 1.807) is 0 Å². The number of nitrogens with one attached hydrogen (secondary N) is 1. The first-order chi connectivity index (χ1) is 9.86. The highest BCUT2D eigenvalue weighted by molar-refractivity contribution is 5.45. The minimum Gasteiger partial charge on any atom is -0.362 e. The highest BCUT2D eigenvalue weighted by atomic mass is 14.8. The smallest absolute Gasteiger partial charge is 0.0622 e. The molecule has 0 aromatic heterocycles. The average molecular weight is 266 g/mol. The summed E-state index contributed by atoms with van der Waals surface area (Å²) in [6, 6.07) is 19.7. The minimum atomic E-state index is 0.924. The van der Waals surface area contributed by atoms with E-state index >= 15 is 0 Å². The third-order valence-corrected chi connectivity index (χ3v) is 2.13. The van der Waals surface area contributed by atoms with Crippen LogP contribution in [0.1, 0.15) is 6.92 Å². The Morgan fingerprint density at radius 3 is 1.80 bits per heavy atom. The quantitative estimate of drug-likeness (QED) is 0.579. The van der Waals surface area contributed by atoms with E-state index in [0.717, 1.165) is 11.4 Å². The van der Waals surface area contributed by atoms with Crippen molar-refractivity contribution >= 4 is 18.1 Å². The zero-order valence-electron chi connectivity index (χ0n) is 12.0. The number of nitrogens with zero attached hydrogens (tertiary/aromatic N) is 1. The van der Waals surface area contributed by atoms with Gasteiger partial charge >= 0.3 is 0 Å². The van der Waals surface area contributed by atoms with Crippen molar-refractivity contribution in [3.63, 3.8) is 0 Å². The Hall–Kier alpha value is -2.61. The number of hydrogen-bond acceptors (Lipinski definition) is 2. The summed E-state index contributed by atoms with van der Waals surface area (Å²) in [5.41, 5.74) is 2.05. The van der Waals surface area contributed by atoms with Crippen LogP contribution in [-0.4, -0.2) is 6.72 Å². The topological polar surface area (TPSA) is 24.4 Å². The maximum Gasteiger partial charge on any atom is 0.0622 e. The normalized spacial score (nSPS) is 8.65. The van der Waals surface area contributed by atoms with E-state index in [1.165, 1.54) is 0 Å². The lowest BCUT2D eigenvalue weighted by molar-refractivity contribution is 1.55. The zero-order chi connectivity index (χ0) is 15.1. The van der Waals surface area contributed by atoms with Crippen molar-refractivity contribution in [2.75, 3.05) is 5.32 Å². The molecule has 2 heteroatoms. The fraction of sp³-hybridized carbons (Fsp3) is 0.0556. The van der Waals surface area contributed by atoms with Crippen molar-refractivity contribution in [1.29, 1.82) is 0 Å². The van der Waals surface area contributed by atoms with E-state index in [2.05, 4.69) is 30.2 Å². The molecule has 2 aromatic carbocycles. The Morgan fingerprint density at radius 1 is 0.900 bits per heavy atom. The van der Waals surface area contributed by atoms with Crippen LogP contribution in [0, 0.1) is 0 Å². The molecule has 1 N–H and O–H groups in total. The highest BCUT2D eigenvalue weighted by Gasteiger charge is 1.80. The molecule has 0 aliphatic heterocycles. The van der Waals surface area contributed by atoms with Gasteiger partial charge in [0.05, 0.1) is 5.69 Å². The molecule has 0 unspecified atom stereocenters. The van der Waals surface area contributed by atoms with E-state index in [9.17, 15) is 0 Å². The minimum absolute atomic E-state index is 0.924. The summed E-state index contributed by atoms with van der Waals surface area (Å²) >= 11 is 0. The molecule has 0 amide bonds. The van der Waals surface area contributed by atoms with Crippen LogP contribution in [0.3, 0.4) is 0 Å². The number of aliphatic imine (C=N–C) groups is 1. The largest absolute Gasteiger partial charge is 0.362 e. The summed E-state index contributed by atoms with van der Waals surface area (Å²) in [4.78, 5) is 3.72. The lowest BCUT2D eigenvalue weighted by Crippen LogP contribution is -1.83. The molecule has 20 heavy (non-hydrogen) atoms. The average Bonchev–Trinajstić information content (AvgIpc) is 2.57. The number of hydrogen-bond donors (Lipinski definition) is 1. The van der Waals surface area contributed by atoms with Crippen molar-refractivity contribution in [2.45, 2.75) is 6.92 Å². The molecule has 0 spiro atoms. The van der Waals surface area contributed by atoms with Crippen molar-refractivity contribution in [1.82, 2.24) is 0 Å². The molecule has 0 aliphatic rings. The van der Waals surface area contributed by atoms with Crippen LogP contribution in [0.5, 0.6) is 0 Å². The van der Waals surface area contributed by atoms with Gasteiger partial charge in [-0.05, 0) is 44.1 Å². The van der Waals surface area contributed by atoms with Gasteiger partial charge in [-0.1, -0.05) is 42.5 Å². The van der Waals surface area contributed by atoms with Gasteiger partial charge in [0, 0.05) is 5.69 Å². The Bertz CT molecular complexity index is 475. The van der Waals surface area contributed by atoms with E-state index in [-0.39, 0.29) is 0 Å². The first-order valence-corrected chi connectivity index (χ1v) is 6.31. The van der Waals surface area contributed by atoms with Crippen molar-refractivity contribution in [3.8, 4) is 0 Å². The van der Waals surface area contributed by atoms with Crippen LogP contribution < -0.4 is 5.32 Å². The van der Waals surface area contributed by atoms with Gasteiger partial charge in [-0.2, -0.15) is 0 Å². The maximum absolute atomic E-state index is 3.72. The zero-order valence-corrected chi connectivity index (χ0v) is 12.0. The molecule has 0 bridgehead atoms. The van der Waals surface area contributed by atoms with Crippen LogP contribution in [0.15, 0.2) is 91.1 Å². The van der Waals surface area contributed by atoms with Gasteiger partial charge in [-0.15, -0.1) is 13.2 Å². The van der Waals surface area contributed by atoms with Crippen molar-refractivity contribution < 1.29 is 0 Å². The van der Waals surface area contributed by atoms with E-state index in [4.69, 9.17) is 0 Å². The third kappa shape index (κ3) is 8.48. The highest BCUT2D eigenvalue weighted by Crippen LogP contribution is 2.06. The van der Waals surface area contributed by atoms with Gasteiger partial charge in [0.25, 0.3) is 0 Å². The Morgan fingerprint density at radius 2 is 1.40 bits per heavy atom. The second-order valence-electron chi connectivity index (χ2n) is 3.50. The molecule has 2 rings (SSSR count). The molecular weight excluding hydrogens is 244 g/mol. The van der Waals surface area contributed by atoms with E-state index in [1.807, 2.05) is 79.9 Å². The summed E-state index contributed by atoms with van der Waals surface area (Å²) in [7, 11) is 0. The van der Waals surface area contributed by atoms with Gasteiger partial charge in [0.2, 0.25) is 0 Å².